The maximum Gasteiger partial charge on any atom is 0.0952 e. The topological polar surface area (TPSA) is 36.4 Å². The molecule has 24 heavy (non-hydrogen) atoms. The molecule has 1 aromatic carbocycles. The van der Waals surface area contributed by atoms with Crippen LogP contribution in [0.5, 0.6) is 0 Å². The summed E-state index contributed by atoms with van der Waals surface area (Å²) in [5, 5.41) is 13.2. The molecule has 2 unspecified atom stereocenters. The zero-order valence-corrected chi connectivity index (χ0v) is 16.7. The number of aromatic nitrogens is 1. The average Bonchev–Trinajstić information content (AvgIpc) is 2.66. The van der Waals surface area contributed by atoms with Crippen molar-refractivity contribution in [2.45, 2.75) is 29.8 Å². The Kier molecular flexibility index (Phi) is 4.96. The minimum absolute atomic E-state index is 0.223. The molecular weight excluding hydrogens is 432 g/mol. The number of hydrogen-bond acceptors (Lipinski definition) is 3. The number of piperidine rings is 3. The predicted octanol–water partition coefficient (Wildman–Crippen LogP) is 4.14. The molecule has 0 amide bonds. The molecule has 2 bridgehead atoms. The van der Waals surface area contributed by atoms with Crippen LogP contribution in [0.1, 0.15) is 24.5 Å². The fourth-order valence-corrected chi connectivity index (χ4v) is 5.62. The van der Waals surface area contributed by atoms with E-state index in [-0.39, 0.29) is 6.04 Å². The van der Waals surface area contributed by atoms with Crippen LogP contribution in [0.2, 0.25) is 0 Å². The molecule has 0 saturated carbocycles. The van der Waals surface area contributed by atoms with Gasteiger partial charge in [0.25, 0.3) is 0 Å². The zero-order chi connectivity index (χ0) is 16.7. The highest BCUT2D eigenvalue weighted by Gasteiger charge is 2.45. The van der Waals surface area contributed by atoms with E-state index in [0.29, 0.717) is 16.7 Å². The lowest BCUT2D eigenvalue weighted by Gasteiger charge is -2.52. The molecule has 3 aliphatic heterocycles. The summed E-state index contributed by atoms with van der Waals surface area (Å²) in [6.45, 7) is 2.19. The predicted molar refractivity (Wildman–Crippen MR) is 105 cm³/mol. The standard InChI is InChI=1S/C19H22Br2N2O/c20-10-16(21)15-11-23-8-6-12(15)9-18(23)19(24)14-5-7-22-17-4-2-1-3-13(14)17/h1-5,7,12,15-16,18-19,24H,6,8-11H2/t12-,15-,16?,18-,19+/m0/s1. The highest BCUT2D eigenvalue weighted by Crippen LogP contribution is 2.44. The second-order valence-corrected chi connectivity index (χ2v) is 8.87. The number of alkyl halides is 2. The van der Waals surface area contributed by atoms with E-state index >= 15 is 0 Å². The molecule has 0 aliphatic carbocycles. The van der Waals surface area contributed by atoms with E-state index in [1.54, 1.807) is 0 Å². The van der Waals surface area contributed by atoms with E-state index in [9.17, 15) is 5.11 Å². The monoisotopic (exact) mass is 452 g/mol. The van der Waals surface area contributed by atoms with Gasteiger partial charge in [0.2, 0.25) is 0 Å². The van der Waals surface area contributed by atoms with Crippen molar-refractivity contribution in [2.24, 2.45) is 11.8 Å². The maximum absolute atomic E-state index is 11.2. The number of nitrogens with zero attached hydrogens (tertiary/aromatic N) is 2. The molecule has 1 aromatic heterocycles. The summed E-state index contributed by atoms with van der Waals surface area (Å²) in [6, 6.07) is 10.3. The molecule has 0 radical (unpaired) electrons. The van der Waals surface area contributed by atoms with Crippen molar-refractivity contribution in [3.63, 3.8) is 0 Å². The Bertz CT molecular complexity index is 720. The van der Waals surface area contributed by atoms with Crippen LogP contribution in [0, 0.1) is 11.8 Å². The highest BCUT2D eigenvalue weighted by molar-refractivity contribution is 9.12. The smallest absolute Gasteiger partial charge is 0.0952 e. The summed E-state index contributed by atoms with van der Waals surface area (Å²) in [4.78, 5) is 7.45. The molecule has 128 valence electrons. The first-order valence-corrected chi connectivity index (χ1v) is 10.7. The molecule has 3 nitrogen and oxygen atoms in total. The molecule has 2 aromatic rings. The van der Waals surface area contributed by atoms with Gasteiger partial charge in [-0.1, -0.05) is 50.1 Å². The quantitative estimate of drug-likeness (QED) is 0.706. The molecule has 4 heterocycles. The Balaban J connectivity index is 1.61. The van der Waals surface area contributed by atoms with Crippen molar-refractivity contribution < 1.29 is 5.11 Å². The van der Waals surface area contributed by atoms with Gasteiger partial charge < -0.3 is 5.11 Å². The van der Waals surface area contributed by atoms with Gasteiger partial charge in [-0.05, 0) is 48.9 Å². The lowest BCUT2D eigenvalue weighted by Crippen LogP contribution is -2.57. The van der Waals surface area contributed by atoms with Gasteiger partial charge in [-0.25, -0.2) is 0 Å². The summed E-state index contributed by atoms with van der Waals surface area (Å²) < 4.78 is 0. The van der Waals surface area contributed by atoms with Crippen molar-refractivity contribution in [1.82, 2.24) is 9.88 Å². The lowest BCUT2D eigenvalue weighted by molar-refractivity contribution is -0.0541. The van der Waals surface area contributed by atoms with Crippen LogP contribution in [-0.2, 0) is 0 Å². The molecule has 1 N–H and O–H groups in total. The number of rotatable bonds is 4. The van der Waals surface area contributed by atoms with E-state index < -0.39 is 6.10 Å². The Hall–Kier alpha value is -0.490. The number of aliphatic hydroxyl groups is 1. The number of halogens is 2. The minimum atomic E-state index is -0.445. The van der Waals surface area contributed by atoms with Crippen molar-refractivity contribution in [3.05, 3.63) is 42.1 Å². The van der Waals surface area contributed by atoms with Crippen LogP contribution in [-0.4, -0.2) is 44.3 Å². The van der Waals surface area contributed by atoms with Crippen LogP contribution in [0.4, 0.5) is 0 Å². The fourth-order valence-electron chi connectivity index (χ4n) is 4.55. The third kappa shape index (κ3) is 2.94. The lowest BCUT2D eigenvalue weighted by atomic mass is 9.72. The fraction of sp³-hybridized carbons (Fsp3) is 0.526. The second kappa shape index (κ2) is 7.02. The summed E-state index contributed by atoms with van der Waals surface area (Å²) in [7, 11) is 0. The van der Waals surface area contributed by atoms with E-state index in [0.717, 1.165) is 41.3 Å². The van der Waals surface area contributed by atoms with Crippen molar-refractivity contribution in [3.8, 4) is 0 Å². The molecule has 5 heteroatoms. The molecule has 3 aliphatic rings. The number of fused-ring (bicyclic) bond motifs is 4. The largest absolute Gasteiger partial charge is 0.387 e. The van der Waals surface area contributed by atoms with Gasteiger partial charge in [0, 0.05) is 34.3 Å². The van der Waals surface area contributed by atoms with Crippen LogP contribution < -0.4 is 0 Å². The van der Waals surface area contributed by atoms with E-state index in [1.807, 2.05) is 30.5 Å². The maximum atomic E-state index is 11.2. The first-order chi connectivity index (χ1) is 11.7. The molecule has 5 rings (SSSR count). The van der Waals surface area contributed by atoms with Crippen LogP contribution in [0.15, 0.2) is 36.5 Å². The van der Waals surface area contributed by atoms with Crippen LogP contribution >= 0.6 is 31.9 Å². The first-order valence-electron chi connectivity index (χ1n) is 8.65. The van der Waals surface area contributed by atoms with Crippen molar-refractivity contribution in [2.75, 3.05) is 18.4 Å². The first kappa shape index (κ1) is 17.0. The van der Waals surface area contributed by atoms with Gasteiger partial charge in [0.1, 0.15) is 0 Å². The summed E-state index contributed by atoms with van der Waals surface area (Å²) in [6.07, 6.45) is 3.70. The second-order valence-electron chi connectivity index (χ2n) is 7.04. The highest BCUT2D eigenvalue weighted by atomic mass is 79.9. The van der Waals surface area contributed by atoms with E-state index in [4.69, 9.17) is 0 Å². The van der Waals surface area contributed by atoms with Gasteiger partial charge in [0.05, 0.1) is 11.6 Å². The van der Waals surface area contributed by atoms with Gasteiger partial charge in [0.15, 0.2) is 0 Å². The Labute approximate surface area is 159 Å². The van der Waals surface area contributed by atoms with Gasteiger partial charge in [-0.2, -0.15) is 0 Å². The number of aliphatic hydroxyl groups excluding tert-OH is 1. The normalized spacial score (nSPS) is 32.0. The summed E-state index contributed by atoms with van der Waals surface area (Å²) in [5.41, 5.74) is 1.98. The van der Waals surface area contributed by atoms with Crippen LogP contribution in [0.25, 0.3) is 10.9 Å². The van der Waals surface area contributed by atoms with Gasteiger partial charge in [-0.3, -0.25) is 9.88 Å². The number of para-hydroxylation sites is 1. The third-order valence-electron chi connectivity index (χ3n) is 5.83. The Morgan fingerprint density at radius 3 is 2.88 bits per heavy atom. The van der Waals surface area contributed by atoms with Crippen LogP contribution in [0.3, 0.4) is 0 Å². The Morgan fingerprint density at radius 2 is 2.12 bits per heavy atom. The SMILES string of the molecule is O[C@H](c1ccnc2ccccc12)[C@@H]1C[C@@H]2CCN1C[C@@H]2C(Br)CBr. The molecular formula is C19H22Br2N2O. The van der Waals surface area contributed by atoms with E-state index in [2.05, 4.69) is 47.8 Å². The Morgan fingerprint density at radius 1 is 1.29 bits per heavy atom. The van der Waals surface area contributed by atoms with Crippen molar-refractivity contribution in [1.29, 1.82) is 0 Å². The van der Waals surface area contributed by atoms with E-state index in [1.165, 1.54) is 6.42 Å². The van der Waals surface area contributed by atoms with Crippen molar-refractivity contribution >= 4 is 42.8 Å². The molecule has 3 saturated heterocycles. The molecule has 6 atom stereocenters. The van der Waals surface area contributed by atoms with Gasteiger partial charge >= 0.3 is 0 Å². The number of benzene rings is 1. The molecule has 3 fully saturated rings. The number of pyridine rings is 1. The summed E-state index contributed by atoms with van der Waals surface area (Å²) >= 11 is 7.44. The summed E-state index contributed by atoms with van der Waals surface area (Å²) in [5.74, 6) is 1.38. The minimum Gasteiger partial charge on any atom is -0.387 e. The van der Waals surface area contributed by atoms with Gasteiger partial charge in [-0.15, -0.1) is 0 Å². The zero-order valence-electron chi connectivity index (χ0n) is 13.5. The number of hydrogen-bond donors (Lipinski definition) is 1. The average molecular weight is 454 g/mol. The third-order valence-corrected chi connectivity index (χ3v) is 8.40. The molecule has 0 spiro atoms.